The highest BCUT2D eigenvalue weighted by atomic mass is 32.2. The molecule has 2 atom stereocenters. The van der Waals surface area contributed by atoms with Gasteiger partial charge < -0.3 is 5.11 Å². The maximum atomic E-state index is 12.5. The molecular formula is C22H31NO4S. The molecule has 2 rings (SSSR count). The molecule has 1 fully saturated rings. The fourth-order valence-corrected chi connectivity index (χ4v) is 4.74. The molecule has 1 aliphatic rings. The van der Waals surface area contributed by atoms with E-state index in [2.05, 4.69) is 10.8 Å². The third-order valence-electron chi connectivity index (χ3n) is 5.07. The van der Waals surface area contributed by atoms with Crippen LogP contribution in [0.4, 0.5) is 0 Å². The Bertz CT molecular complexity index is 799. The van der Waals surface area contributed by atoms with Gasteiger partial charge in [0.2, 0.25) is 10.0 Å². The Kier molecular flexibility index (Phi) is 8.93. The zero-order valence-electron chi connectivity index (χ0n) is 16.5. The van der Waals surface area contributed by atoms with Gasteiger partial charge in [-0.3, -0.25) is 4.79 Å². The van der Waals surface area contributed by atoms with Crippen LogP contribution in [0.2, 0.25) is 0 Å². The monoisotopic (exact) mass is 405 g/mol. The summed E-state index contributed by atoms with van der Waals surface area (Å²) in [6, 6.07) is 7.67. The molecule has 1 aromatic rings. The fraction of sp³-hybridized carbons (Fsp3) is 0.500. The summed E-state index contributed by atoms with van der Waals surface area (Å²) in [5.41, 5.74) is 1.96. The van der Waals surface area contributed by atoms with E-state index in [9.17, 15) is 13.2 Å². The molecule has 1 saturated carbocycles. The van der Waals surface area contributed by atoms with E-state index in [1.54, 1.807) is 6.08 Å². The Hall–Kier alpha value is -1.92. The normalized spacial score (nSPS) is 20.8. The van der Waals surface area contributed by atoms with Gasteiger partial charge in [0, 0.05) is 17.9 Å². The van der Waals surface area contributed by atoms with Gasteiger partial charge in [-0.2, -0.15) is 0 Å². The molecule has 0 bridgehead atoms. The zero-order chi connectivity index (χ0) is 20.4. The summed E-state index contributed by atoms with van der Waals surface area (Å²) in [7, 11) is -3.49. The number of benzene rings is 1. The lowest BCUT2D eigenvalue weighted by molar-refractivity contribution is -0.137. The summed E-state index contributed by atoms with van der Waals surface area (Å²) in [4.78, 5) is 10.5. The van der Waals surface area contributed by atoms with Gasteiger partial charge >= 0.3 is 5.97 Å². The van der Waals surface area contributed by atoms with Crippen molar-refractivity contribution in [2.24, 2.45) is 5.92 Å². The lowest BCUT2D eigenvalue weighted by Crippen LogP contribution is -2.41. The van der Waals surface area contributed by atoms with Gasteiger partial charge in [-0.05, 0) is 56.6 Å². The second kappa shape index (κ2) is 11.2. The minimum Gasteiger partial charge on any atom is -0.481 e. The highest BCUT2D eigenvalue weighted by Gasteiger charge is 2.27. The molecule has 0 amide bonds. The third kappa shape index (κ3) is 8.40. The number of allylic oxidation sites excluding steroid dienone is 2. The smallest absolute Gasteiger partial charge is 0.303 e. The molecule has 154 valence electrons. The summed E-state index contributed by atoms with van der Waals surface area (Å²) in [6.07, 6.45) is 12.1. The van der Waals surface area contributed by atoms with Crippen molar-refractivity contribution in [1.29, 1.82) is 0 Å². The van der Waals surface area contributed by atoms with Gasteiger partial charge in [0.05, 0.1) is 0 Å². The first-order valence-electron chi connectivity index (χ1n) is 9.99. The van der Waals surface area contributed by atoms with E-state index in [1.165, 1.54) is 5.41 Å². The number of rotatable bonds is 10. The maximum Gasteiger partial charge on any atom is 0.303 e. The van der Waals surface area contributed by atoms with Crippen LogP contribution in [0, 0.1) is 12.8 Å². The number of carboxylic acid groups (broad SMARTS) is 1. The van der Waals surface area contributed by atoms with Gasteiger partial charge in [0.1, 0.15) is 0 Å². The molecule has 1 aliphatic carbocycles. The van der Waals surface area contributed by atoms with E-state index in [0.717, 1.165) is 49.7 Å². The van der Waals surface area contributed by atoms with E-state index in [1.807, 2.05) is 37.3 Å². The van der Waals surface area contributed by atoms with Crippen molar-refractivity contribution < 1.29 is 18.3 Å². The van der Waals surface area contributed by atoms with E-state index in [0.29, 0.717) is 6.42 Å². The largest absolute Gasteiger partial charge is 0.481 e. The number of carboxylic acids is 1. The average Bonchev–Trinajstić information content (AvgIpc) is 2.64. The van der Waals surface area contributed by atoms with E-state index >= 15 is 0 Å². The summed E-state index contributed by atoms with van der Waals surface area (Å²) in [5, 5.41) is 9.91. The van der Waals surface area contributed by atoms with E-state index in [-0.39, 0.29) is 18.4 Å². The molecule has 0 saturated heterocycles. The predicted molar refractivity (Wildman–Crippen MR) is 113 cm³/mol. The number of carbonyl (C=O) groups is 1. The van der Waals surface area contributed by atoms with Crippen molar-refractivity contribution in [3.05, 3.63) is 53.0 Å². The van der Waals surface area contributed by atoms with Crippen LogP contribution in [-0.4, -0.2) is 25.5 Å². The Labute approximate surface area is 168 Å². The van der Waals surface area contributed by atoms with Crippen molar-refractivity contribution in [2.45, 2.75) is 64.3 Å². The number of hydrogen-bond donors (Lipinski definition) is 2. The van der Waals surface area contributed by atoms with Gasteiger partial charge in [-0.1, -0.05) is 54.8 Å². The van der Waals surface area contributed by atoms with Crippen LogP contribution in [0.15, 0.2) is 41.8 Å². The first kappa shape index (κ1) is 22.4. The fourth-order valence-electron chi connectivity index (χ4n) is 3.60. The predicted octanol–water partition coefficient (Wildman–Crippen LogP) is 4.65. The van der Waals surface area contributed by atoms with Crippen LogP contribution >= 0.6 is 0 Å². The standard InChI is InChI=1S/C22H31NO4S/c1-18-9-8-10-19(17-18)15-16-28(26,27)23-21-13-7-6-12-20(21)11-4-2-3-5-14-22(24)25/h2,4,8-10,15-17,20-21,23H,3,5-7,11-14H2,1H3,(H,24,25). The van der Waals surface area contributed by atoms with Crippen molar-refractivity contribution in [1.82, 2.24) is 4.72 Å². The number of sulfonamides is 1. The number of aliphatic carboxylic acids is 1. The van der Waals surface area contributed by atoms with Crippen molar-refractivity contribution in [3.8, 4) is 0 Å². The number of hydrogen-bond acceptors (Lipinski definition) is 3. The average molecular weight is 406 g/mol. The van der Waals surface area contributed by atoms with Gasteiger partial charge in [-0.25, -0.2) is 13.1 Å². The minimum absolute atomic E-state index is 0.0513. The topological polar surface area (TPSA) is 83.5 Å². The van der Waals surface area contributed by atoms with Crippen LogP contribution < -0.4 is 4.72 Å². The quantitative estimate of drug-likeness (QED) is 0.438. The van der Waals surface area contributed by atoms with Gasteiger partial charge in [-0.15, -0.1) is 0 Å². The molecule has 28 heavy (non-hydrogen) atoms. The lowest BCUT2D eigenvalue weighted by atomic mass is 9.83. The first-order valence-corrected chi connectivity index (χ1v) is 11.5. The van der Waals surface area contributed by atoms with Crippen LogP contribution in [0.3, 0.4) is 0 Å². The minimum atomic E-state index is -3.49. The van der Waals surface area contributed by atoms with Crippen LogP contribution in [-0.2, 0) is 14.8 Å². The lowest BCUT2D eigenvalue weighted by Gasteiger charge is -2.31. The van der Waals surface area contributed by atoms with Crippen molar-refractivity contribution >= 4 is 22.1 Å². The summed E-state index contributed by atoms with van der Waals surface area (Å²) < 4.78 is 27.9. The summed E-state index contributed by atoms with van der Waals surface area (Å²) in [5.74, 6) is -0.486. The zero-order valence-corrected chi connectivity index (χ0v) is 17.3. The maximum absolute atomic E-state index is 12.5. The van der Waals surface area contributed by atoms with Crippen molar-refractivity contribution in [2.75, 3.05) is 0 Å². The van der Waals surface area contributed by atoms with Crippen LogP contribution in [0.1, 0.15) is 62.5 Å². The summed E-state index contributed by atoms with van der Waals surface area (Å²) >= 11 is 0. The molecule has 0 spiro atoms. The first-order chi connectivity index (χ1) is 13.4. The molecule has 1 aromatic carbocycles. The molecule has 2 N–H and O–H groups in total. The molecule has 0 heterocycles. The molecule has 5 nitrogen and oxygen atoms in total. The molecule has 0 aromatic heterocycles. The second-order valence-electron chi connectivity index (χ2n) is 7.52. The Balaban J connectivity index is 1.89. The van der Waals surface area contributed by atoms with E-state index < -0.39 is 16.0 Å². The van der Waals surface area contributed by atoms with Crippen molar-refractivity contribution in [3.63, 3.8) is 0 Å². The molecule has 6 heteroatoms. The summed E-state index contributed by atoms with van der Waals surface area (Å²) in [6.45, 7) is 1.98. The molecular weight excluding hydrogens is 374 g/mol. The number of nitrogens with one attached hydrogen (secondary N) is 1. The molecule has 0 aliphatic heterocycles. The van der Waals surface area contributed by atoms with Gasteiger partial charge in [0.25, 0.3) is 0 Å². The highest BCUT2D eigenvalue weighted by Crippen LogP contribution is 2.28. The number of aryl methyl sites for hydroxylation is 1. The Morgan fingerprint density at radius 3 is 2.79 bits per heavy atom. The Morgan fingerprint density at radius 1 is 1.25 bits per heavy atom. The van der Waals surface area contributed by atoms with Gasteiger partial charge in [0.15, 0.2) is 0 Å². The molecule has 0 radical (unpaired) electrons. The number of unbranched alkanes of at least 4 members (excludes halogenated alkanes) is 1. The molecule has 2 unspecified atom stereocenters. The van der Waals surface area contributed by atoms with Crippen LogP contribution in [0.5, 0.6) is 0 Å². The second-order valence-corrected chi connectivity index (χ2v) is 9.12. The Morgan fingerprint density at radius 2 is 2.04 bits per heavy atom. The highest BCUT2D eigenvalue weighted by molar-refractivity contribution is 7.92. The van der Waals surface area contributed by atoms with E-state index in [4.69, 9.17) is 5.11 Å². The van der Waals surface area contributed by atoms with Crippen LogP contribution in [0.25, 0.3) is 6.08 Å². The SMILES string of the molecule is Cc1cccc(C=CS(=O)(=O)NC2CCCCC2CC=CCCCC(=O)O)c1. The third-order valence-corrected chi connectivity index (χ3v) is 6.20.